The Hall–Kier alpha value is -1.47. The van der Waals surface area contributed by atoms with E-state index in [2.05, 4.69) is 10.3 Å². The fourth-order valence-electron chi connectivity index (χ4n) is 3.87. The molecule has 2 aliphatic heterocycles. The SMILES string of the molecule is Cc1nc(C)c(C(=O)N2CC3(CC(CC(=O)NCC4CC4)CO3)C2)s1. The monoisotopic (exact) mass is 363 g/mol. The van der Waals surface area contributed by atoms with Crippen molar-refractivity contribution in [3.63, 3.8) is 0 Å². The highest BCUT2D eigenvalue weighted by Gasteiger charge is 2.51. The molecular formula is C18H25N3O3S. The molecule has 7 heteroatoms. The van der Waals surface area contributed by atoms with Gasteiger partial charge in [0.15, 0.2) is 0 Å². The zero-order valence-corrected chi connectivity index (χ0v) is 15.7. The number of hydrogen-bond acceptors (Lipinski definition) is 5. The summed E-state index contributed by atoms with van der Waals surface area (Å²) < 4.78 is 5.99. The normalized spacial score (nSPS) is 24.4. The Labute approximate surface area is 151 Å². The molecule has 1 saturated carbocycles. The predicted molar refractivity (Wildman–Crippen MR) is 94.6 cm³/mol. The Morgan fingerprint density at radius 3 is 2.72 bits per heavy atom. The molecule has 0 radical (unpaired) electrons. The molecule has 1 spiro atoms. The molecule has 25 heavy (non-hydrogen) atoms. The van der Waals surface area contributed by atoms with Gasteiger partial charge in [-0.15, -0.1) is 11.3 Å². The summed E-state index contributed by atoms with van der Waals surface area (Å²) in [6.45, 7) is 6.51. The van der Waals surface area contributed by atoms with E-state index in [1.807, 2.05) is 18.7 Å². The Morgan fingerprint density at radius 1 is 1.32 bits per heavy atom. The first-order chi connectivity index (χ1) is 11.9. The maximum absolute atomic E-state index is 12.6. The number of nitrogens with one attached hydrogen (secondary N) is 1. The van der Waals surface area contributed by atoms with Crippen molar-refractivity contribution in [2.75, 3.05) is 26.2 Å². The lowest BCUT2D eigenvalue weighted by Crippen LogP contribution is -2.63. The highest BCUT2D eigenvalue weighted by atomic mass is 32.1. The third-order valence-corrected chi connectivity index (χ3v) is 6.45. The van der Waals surface area contributed by atoms with Crippen molar-refractivity contribution in [3.8, 4) is 0 Å². The number of thiazole rings is 1. The maximum atomic E-state index is 12.6. The number of amides is 2. The van der Waals surface area contributed by atoms with E-state index in [-0.39, 0.29) is 23.3 Å². The number of rotatable bonds is 5. The minimum Gasteiger partial charge on any atom is -0.371 e. The third-order valence-electron chi connectivity index (χ3n) is 5.39. The zero-order chi connectivity index (χ0) is 17.6. The van der Waals surface area contributed by atoms with Gasteiger partial charge in [-0.1, -0.05) is 0 Å². The van der Waals surface area contributed by atoms with Crippen LogP contribution in [0.25, 0.3) is 0 Å². The standard InChI is InChI=1S/C18H25N3O3S/c1-11-16(25-12(2)20-11)17(23)21-9-18(10-21)6-14(8-24-18)5-15(22)19-7-13-3-4-13/h13-14H,3-10H2,1-2H3,(H,19,22). The number of carbonyl (C=O) groups excluding carboxylic acids is 2. The maximum Gasteiger partial charge on any atom is 0.266 e. The van der Waals surface area contributed by atoms with Crippen molar-refractivity contribution in [2.24, 2.45) is 11.8 Å². The molecule has 1 aliphatic carbocycles. The van der Waals surface area contributed by atoms with E-state index in [1.54, 1.807) is 0 Å². The summed E-state index contributed by atoms with van der Waals surface area (Å²) in [7, 11) is 0. The highest BCUT2D eigenvalue weighted by Crippen LogP contribution is 2.40. The number of likely N-dealkylation sites (tertiary alicyclic amines) is 1. The summed E-state index contributed by atoms with van der Waals surface area (Å²) in [5.74, 6) is 1.17. The molecule has 1 N–H and O–H groups in total. The largest absolute Gasteiger partial charge is 0.371 e. The van der Waals surface area contributed by atoms with Crippen LogP contribution in [0, 0.1) is 25.7 Å². The molecule has 1 aromatic rings. The first-order valence-corrected chi connectivity index (χ1v) is 9.90. The lowest BCUT2D eigenvalue weighted by molar-refractivity contribution is -0.122. The number of carbonyl (C=O) groups is 2. The van der Waals surface area contributed by atoms with E-state index >= 15 is 0 Å². The van der Waals surface area contributed by atoms with Crippen LogP contribution in [-0.4, -0.2) is 53.5 Å². The van der Waals surface area contributed by atoms with Gasteiger partial charge < -0.3 is 15.0 Å². The molecule has 136 valence electrons. The van der Waals surface area contributed by atoms with Crippen LogP contribution in [0.5, 0.6) is 0 Å². The lowest BCUT2D eigenvalue weighted by atomic mass is 9.85. The molecule has 1 unspecified atom stereocenters. The van der Waals surface area contributed by atoms with Crippen LogP contribution in [0.3, 0.4) is 0 Å². The lowest BCUT2D eigenvalue weighted by Gasteiger charge is -2.47. The van der Waals surface area contributed by atoms with Crippen molar-refractivity contribution in [1.29, 1.82) is 0 Å². The summed E-state index contributed by atoms with van der Waals surface area (Å²) in [5, 5.41) is 3.95. The van der Waals surface area contributed by atoms with Gasteiger partial charge >= 0.3 is 0 Å². The second-order valence-corrected chi connectivity index (χ2v) is 9.03. The minimum atomic E-state index is -0.231. The molecule has 2 saturated heterocycles. The van der Waals surface area contributed by atoms with Gasteiger partial charge in [0.2, 0.25) is 5.91 Å². The molecule has 4 rings (SSSR count). The van der Waals surface area contributed by atoms with Gasteiger partial charge in [-0.2, -0.15) is 0 Å². The summed E-state index contributed by atoms with van der Waals surface area (Å²) in [4.78, 5) is 31.5. The number of aromatic nitrogens is 1. The van der Waals surface area contributed by atoms with Crippen molar-refractivity contribution in [2.45, 2.75) is 45.1 Å². The van der Waals surface area contributed by atoms with Crippen molar-refractivity contribution in [3.05, 3.63) is 15.6 Å². The highest BCUT2D eigenvalue weighted by molar-refractivity contribution is 7.13. The van der Waals surface area contributed by atoms with Gasteiger partial charge in [0.05, 0.1) is 30.4 Å². The molecule has 1 atom stereocenters. The van der Waals surface area contributed by atoms with Crippen molar-refractivity contribution in [1.82, 2.24) is 15.2 Å². The molecule has 2 amide bonds. The minimum absolute atomic E-state index is 0.0583. The van der Waals surface area contributed by atoms with Gasteiger partial charge in [-0.25, -0.2) is 4.98 Å². The second kappa shape index (κ2) is 6.36. The van der Waals surface area contributed by atoms with E-state index in [0.717, 1.165) is 28.5 Å². The third kappa shape index (κ3) is 3.58. The number of ether oxygens (including phenoxy) is 1. The summed E-state index contributed by atoms with van der Waals surface area (Å²) in [6.07, 6.45) is 3.90. The number of hydrogen-bond donors (Lipinski definition) is 1. The van der Waals surface area contributed by atoms with Crippen LogP contribution in [0.15, 0.2) is 0 Å². The van der Waals surface area contributed by atoms with E-state index < -0.39 is 0 Å². The predicted octanol–water partition coefficient (Wildman–Crippen LogP) is 1.91. The van der Waals surface area contributed by atoms with Crippen LogP contribution >= 0.6 is 11.3 Å². The van der Waals surface area contributed by atoms with Crippen molar-refractivity contribution >= 4 is 23.2 Å². The average molecular weight is 363 g/mol. The van der Waals surface area contributed by atoms with Crippen molar-refractivity contribution < 1.29 is 14.3 Å². The van der Waals surface area contributed by atoms with Crippen LogP contribution in [-0.2, 0) is 9.53 Å². The molecule has 1 aromatic heterocycles. The molecule has 3 fully saturated rings. The first-order valence-electron chi connectivity index (χ1n) is 9.08. The van der Waals surface area contributed by atoms with Crippen LogP contribution in [0.4, 0.5) is 0 Å². The van der Waals surface area contributed by atoms with E-state index in [0.29, 0.717) is 32.0 Å². The molecule has 0 bridgehead atoms. The van der Waals surface area contributed by atoms with E-state index in [4.69, 9.17) is 4.74 Å². The van der Waals surface area contributed by atoms with E-state index in [9.17, 15) is 9.59 Å². The topological polar surface area (TPSA) is 71.5 Å². The molecule has 3 heterocycles. The van der Waals surface area contributed by atoms with Gasteiger partial charge in [-0.3, -0.25) is 9.59 Å². The first kappa shape index (κ1) is 17.0. The smallest absolute Gasteiger partial charge is 0.266 e. The fraction of sp³-hybridized carbons (Fsp3) is 0.722. The average Bonchev–Trinajstić information content (AvgIpc) is 3.17. The fourth-order valence-corrected chi connectivity index (χ4v) is 4.76. The Kier molecular flexibility index (Phi) is 4.32. The summed E-state index contributed by atoms with van der Waals surface area (Å²) >= 11 is 1.46. The molecule has 6 nitrogen and oxygen atoms in total. The van der Waals surface area contributed by atoms with Crippen LogP contribution < -0.4 is 5.32 Å². The number of aryl methyl sites for hydroxylation is 2. The Bertz CT molecular complexity index is 692. The zero-order valence-electron chi connectivity index (χ0n) is 14.8. The molecule has 0 aromatic carbocycles. The quantitative estimate of drug-likeness (QED) is 0.867. The molecule has 3 aliphatic rings. The summed E-state index contributed by atoms with van der Waals surface area (Å²) in [6, 6.07) is 0. The van der Waals surface area contributed by atoms with E-state index in [1.165, 1.54) is 24.2 Å². The van der Waals surface area contributed by atoms with Gasteiger partial charge in [0.25, 0.3) is 5.91 Å². The van der Waals surface area contributed by atoms with Crippen LogP contribution in [0.1, 0.15) is 46.1 Å². The second-order valence-electron chi connectivity index (χ2n) is 7.82. The van der Waals surface area contributed by atoms with Gasteiger partial charge in [0, 0.05) is 13.0 Å². The Morgan fingerprint density at radius 2 is 2.08 bits per heavy atom. The Balaban J connectivity index is 1.26. The molecular weight excluding hydrogens is 338 g/mol. The van der Waals surface area contributed by atoms with Crippen LogP contribution in [0.2, 0.25) is 0 Å². The summed E-state index contributed by atoms with van der Waals surface area (Å²) in [5.41, 5.74) is 0.580. The van der Waals surface area contributed by atoms with Gasteiger partial charge in [-0.05, 0) is 44.9 Å². The van der Waals surface area contributed by atoms with Gasteiger partial charge in [0.1, 0.15) is 10.5 Å². The number of nitrogens with zero attached hydrogens (tertiary/aromatic N) is 2.